The summed E-state index contributed by atoms with van der Waals surface area (Å²) in [6.07, 6.45) is 1.86. The summed E-state index contributed by atoms with van der Waals surface area (Å²) in [5.41, 5.74) is 1.40. The second-order valence-electron chi connectivity index (χ2n) is 5.38. The fourth-order valence-electron chi connectivity index (χ4n) is 2.77. The Bertz CT molecular complexity index is 697. The fourth-order valence-corrected chi connectivity index (χ4v) is 3.67. The minimum Gasteiger partial charge on any atom is -0.349 e. The van der Waals surface area contributed by atoms with Gasteiger partial charge in [-0.25, -0.2) is 0 Å². The molecular formula is C17H14Cl3NO. The molecule has 2 aromatic rings. The number of carbonyl (C=O) groups is 1. The van der Waals surface area contributed by atoms with E-state index in [4.69, 9.17) is 34.8 Å². The van der Waals surface area contributed by atoms with Crippen LogP contribution >= 0.6 is 34.8 Å². The standard InChI is InChI=1S/C17H14Cl3NO/c18-12-5-2-1-4-10(12)17(22)21-15-9-8-11(15)16-13(19)6-3-7-14(16)20/h1-7,11,15H,8-9H2,(H,21,22). The van der Waals surface area contributed by atoms with Gasteiger partial charge >= 0.3 is 0 Å². The number of halogens is 3. The van der Waals surface area contributed by atoms with Crippen LogP contribution in [0.4, 0.5) is 0 Å². The summed E-state index contributed by atoms with van der Waals surface area (Å²) >= 11 is 18.6. The van der Waals surface area contributed by atoms with E-state index in [1.807, 2.05) is 18.2 Å². The van der Waals surface area contributed by atoms with Gasteiger partial charge in [0.2, 0.25) is 0 Å². The van der Waals surface area contributed by atoms with Gasteiger partial charge in [-0.3, -0.25) is 4.79 Å². The molecule has 0 saturated heterocycles. The summed E-state index contributed by atoms with van der Waals surface area (Å²) in [6, 6.07) is 12.5. The first-order valence-electron chi connectivity index (χ1n) is 7.07. The van der Waals surface area contributed by atoms with E-state index in [2.05, 4.69) is 5.32 Å². The van der Waals surface area contributed by atoms with Crippen LogP contribution in [0.25, 0.3) is 0 Å². The molecule has 0 bridgehead atoms. The van der Waals surface area contributed by atoms with Crippen molar-refractivity contribution in [2.24, 2.45) is 0 Å². The molecule has 1 amide bonds. The highest BCUT2D eigenvalue weighted by molar-refractivity contribution is 6.36. The van der Waals surface area contributed by atoms with Crippen molar-refractivity contribution in [2.75, 3.05) is 0 Å². The molecule has 2 nitrogen and oxygen atoms in total. The molecule has 22 heavy (non-hydrogen) atoms. The van der Waals surface area contributed by atoms with E-state index in [0.717, 1.165) is 18.4 Å². The SMILES string of the molecule is O=C(NC1CCC1c1c(Cl)cccc1Cl)c1ccccc1Cl. The van der Waals surface area contributed by atoms with Gasteiger partial charge in [0, 0.05) is 22.0 Å². The summed E-state index contributed by atoms with van der Waals surface area (Å²) in [7, 11) is 0. The van der Waals surface area contributed by atoms with Crippen LogP contribution in [0.3, 0.4) is 0 Å². The zero-order valence-electron chi connectivity index (χ0n) is 11.7. The lowest BCUT2D eigenvalue weighted by molar-refractivity contribution is 0.0905. The third-order valence-corrected chi connectivity index (χ3v) is 5.07. The normalized spacial score (nSPS) is 20.3. The molecular weight excluding hydrogens is 341 g/mol. The van der Waals surface area contributed by atoms with Crippen molar-refractivity contribution < 1.29 is 4.79 Å². The number of nitrogens with one attached hydrogen (secondary N) is 1. The first-order valence-corrected chi connectivity index (χ1v) is 8.20. The second-order valence-corrected chi connectivity index (χ2v) is 6.60. The van der Waals surface area contributed by atoms with Gasteiger partial charge in [-0.15, -0.1) is 0 Å². The van der Waals surface area contributed by atoms with E-state index in [1.165, 1.54) is 0 Å². The van der Waals surface area contributed by atoms with E-state index in [0.29, 0.717) is 20.6 Å². The molecule has 1 aliphatic carbocycles. The van der Waals surface area contributed by atoms with Crippen molar-refractivity contribution in [1.82, 2.24) is 5.32 Å². The molecule has 5 heteroatoms. The summed E-state index contributed by atoms with van der Waals surface area (Å²) in [5.74, 6) is -0.0175. The maximum absolute atomic E-state index is 12.4. The first-order chi connectivity index (χ1) is 10.6. The highest BCUT2D eigenvalue weighted by Crippen LogP contribution is 2.43. The van der Waals surface area contributed by atoms with E-state index < -0.39 is 0 Å². The van der Waals surface area contributed by atoms with Gasteiger partial charge in [0.15, 0.2) is 0 Å². The molecule has 0 spiro atoms. The van der Waals surface area contributed by atoms with Gasteiger partial charge in [0.1, 0.15) is 0 Å². The lowest BCUT2D eigenvalue weighted by Crippen LogP contribution is -2.45. The molecule has 0 radical (unpaired) electrons. The van der Waals surface area contributed by atoms with Crippen molar-refractivity contribution >= 4 is 40.7 Å². The van der Waals surface area contributed by atoms with Crippen molar-refractivity contribution in [1.29, 1.82) is 0 Å². The maximum atomic E-state index is 12.4. The number of benzene rings is 2. The summed E-state index contributed by atoms with van der Waals surface area (Å²) in [4.78, 5) is 12.4. The highest BCUT2D eigenvalue weighted by Gasteiger charge is 2.36. The number of rotatable bonds is 3. The van der Waals surface area contributed by atoms with E-state index in [-0.39, 0.29) is 17.9 Å². The predicted molar refractivity (Wildman–Crippen MR) is 91.1 cm³/mol. The predicted octanol–water partition coefficient (Wildman–Crippen LogP) is 5.32. The Morgan fingerprint density at radius 3 is 2.14 bits per heavy atom. The van der Waals surface area contributed by atoms with Crippen LogP contribution < -0.4 is 5.32 Å². The third-order valence-electron chi connectivity index (χ3n) is 4.08. The van der Waals surface area contributed by atoms with E-state index >= 15 is 0 Å². The van der Waals surface area contributed by atoms with Crippen LogP contribution in [-0.4, -0.2) is 11.9 Å². The lowest BCUT2D eigenvalue weighted by atomic mass is 9.75. The van der Waals surface area contributed by atoms with Gasteiger partial charge in [0.05, 0.1) is 10.6 Å². The molecule has 0 heterocycles. The Hall–Kier alpha value is -1.22. The number of hydrogen-bond acceptors (Lipinski definition) is 1. The lowest BCUT2D eigenvalue weighted by Gasteiger charge is -2.38. The second kappa shape index (κ2) is 6.49. The van der Waals surface area contributed by atoms with E-state index in [9.17, 15) is 4.79 Å². The van der Waals surface area contributed by atoms with Gasteiger partial charge in [0.25, 0.3) is 5.91 Å². The molecule has 1 N–H and O–H groups in total. The van der Waals surface area contributed by atoms with Crippen LogP contribution in [0.1, 0.15) is 34.7 Å². The highest BCUT2D eigenvalue weighted by atomic mass is 35.5. The number of carbonyl (C=O) groups excluding carboxylic acids is 1. The van der Waals surface area contributed by atoms with Crippen LogP contribution in [0, 0.1) is 0 Å². The van der Waals surface area contributed by atoms with Crippen molar-refractivity contribution in [3.8, 4) is 0 Å². The molecule has 0 aromatic heterocycles. The van der Waals surface area contributed by atoms with Gasteiger partial charge in [-0.1, -0.05) is 53.0 Å². The maximum Gasteiger partial charge on any atom is 0.253 e. The molecule has 114 valence electrons. The molecule has 2 unspecified atom stereocenters. The summed E-state index contributed by atoms with van der Waals surface area (Å²) in [6.45, 7) is 0. The molecule has 1 fully saturated rings. The Morgan fingerprint density at radius 2 is 1.55 bits per heavy atom. The van der Waals surface area contributed by atoms with Gasteiger partial charge in [-0.2, -0.15) is 0 Å². The van der Waals surface area contributed by atoms with Crippen molar-refractivity contribution in [3.05, 3.63) is 68.7 Å². The number of amides is 1. The average Bonchev–Trinajstić information content (AvgIpc) is 2.47. The smallest absolute Gasteiger partial charge is 0.253 e. The Morgan fingerprint density at radius 1 is 0.909 bits per heavy atom. The molecule has 3 rings (SSSR count). The summed E-state index contributed by atoms with van der Waals surface area (Å²) < 4.78 is 0. The topological polar surface area (TPSA) is 29.1 Å². The molecule has 2 aromatic carbocycles. The van der Waals surface area contributed by atoms with Crippen LogP contribution in [0.15, 0.2) is 42.5 Å². The van der Waals surface area contributed by atoms with Crippen LogP contribution in [0.5, 0.6) is 0 Å². The Kier molecular flexibility index (Phi) is 4.62. The molecule has 0 aliphatic heterocycles. The zero-order chi connectivity index (χ0) is 15.7. The van der Waals surface area contributed by atoms with Crippen LogP contribution in [-0.2, 0) is 0 Å². The molecule has 1 saturated carbocycles. The van der Waals surface area contributed by atoms with Crippen LogP contribution in [0.2, 0.25) is 15.1 Å². The minimum absolute atomic E-state index is 0.0289. The Labute approximate surface area is 144 Å². The zero-order valence-corrected chi connectivity index (χ0v) is 13.9. The van der Waals surface area contributed by atoms with Gasteiger partial charge < -0.3 is 5.32 Å². The summed E-state index contributed by atoms with van der Waals surface area (Å²) in [5, 5.41) is 4.78. The third kappa shape index (κ3) is 2.96. The largest absolute Gasteiger partial charge is 0.349 e. The monoisotopic (exact) mass is 353 g/mol. The minimum atomic E-state index is -0.163. The average molecular weight is 355 g/mol. The molecule has 1 aliphatic rings. The quantitative estimate of drug-likeness (QED) is 0.793. The van der Waals surface area contributed by atoms with E-state index in [1.54, 1.807) is 24.3 Å². The number of hydrogen-bond donors (Lipinski definition) is 1. The Balaban J connectivity index is 1.77. The first kappa shape index (κ1) is 15.7. The molecule has 2 atom stereocenters. The fraction of sp³-hybridized carbons (Fsp3) is 0.235. The van der Waals surface area contributed by atoms with Crippen molar-refractivity contribution in [3.63, 3.8) is 0 Å². The van der Waals surface area contributed by atoms with Gasteiger partial charge in [-0.05, 0) is 42.7 Å². The van der Waals surface area contributed by atoms with Crippen molar-refractivity contribution in [2.45, 2.75) is 24.8 Å².